The van der Waals surface area contributed by atoms with Crippen LogP contribution in [0, 0.1) is 0 Å². The lowest BCUT2D eigenvalue weighted by atomic mass is 10.3. The van der Waals surface area contributed by atoms with Gasteiger partial charge in [-0.15, -0.1) is 0 Å². The normalized spacial score (nSPS) is 26.1. The van der Waals surface area contributed by atoms with Crippen molar-refractivity contribution in [1.82, 2.24) is 0 Å². The molecule has 0 aromatic heterocycles. The summed E-state index contributed by atoms with van der Waals surface area (Å²) in [7, 11) is 0. The molecule has 0 radical (unpaired) electrons. The molecule has 0 spiro atoms. The van der Waals surface area contributed by atoms with Crippen molar-refractivity contribution in [2.75, 3.05) is 6.54 Å². The zero-order chi connectivity index (χ0) is 5.98. The fraction of sp³-hybridized carbons (Fsp3) is 0.500. The number of ether oxygens (including phenoxy) is 1. The second-order valence-corrected chi connectivity index (χ2v) is 1.44. The number of carbonyl (C=O) groups excluding carboxylic acids is 1. The van der Waals surface area contributed by atoms with Gasteiger partial charge >= 0.3 is 0 Å². The van der Waals surface area contributed by atoms with Gasteiger partial charge in [0, 0.05) is 6.40 Å². The molecule has 3 N–H and O–H groups in total. The minimum absolute atomic E-state index is 0.278. The molecule has 0 fully saturated rings. The Morgan fingerprint density at radius 3 is 3.00 bits per heavy atom. The molecule has 0 saturated heterocycles. The first kappa shape index (κ1) is 5.24. The minimum Gasteiger partial charge on any atom is -0.572 e. The predicted octanol–water partition coefficient (Wildman–Crippen LogP) is -1.94. The third-order valence-corrected chi connectivity index (χ3v) is 0.888. The summed E-state index contributed by atoms with van der Waals surface area (Å²) in [5.74, 6) is -0.278. The fourth-order valence-electron chi connectivity index (χ4n) is 0.440. The van der Waals surface area contributed by atoms with Gasteiger partial charge < -0.3 is 20.3 Å². The van der Waals surface area contributed by atoms with E-state index in [0.717, 1.165) is 0 Å². The largest absolute Gasteiger partial charge is 0.572 e. The summed E-state index contributed by atoms with van der Waals surface area (Å²) in [5, 5.41) is 0. The van der Waals surface area contributed by atoms with Crippen molar-refractivity contribution < 1.29 is 15.3 Å². The molecule has 4 heteroatoms. The van der Waals surface area contributed by atoms with Crippen LogP contribution in [0.25, 0.3) is 0 Å². The van der Waals surface area contributed by atoms with Gasteiger partial charge in [-0.1, -0.05) is 0 Å². The second-order valence-electron chi connectivity index (χ2n) is 1.44. The Morgan fingerprint density at radius 1 is 2.00 bits per heavy atom. The number of nitrogens with zero attached hydrogens (tertiary/aromatic N) is 1. The molecule has 1 rings (SSSR count). The minimum atomic E-state index is -0.463. The van der Waals surface area contributed by atoms with Crippen LogP contribution < -0.4 is 5.73 Å². The summed E-state index contributed by atoms with van der Waals surface area (Å²) in [4.78, 5) is 13.6. The van der Waals surface area contributed by atoms with E-state index in [4.69, 9.17) is 0 Å². The number of rotatable bonds is 1. The van der Waals surface area contributed by atoms with Gasteiger partial charge in [-0.2, -0.15) is 0 Å². The molecular formula is C4H6N2O2. The average molecular weight is 114 g/mol. The van der Waals surface area contributed by atoms with Crippen molar-refractivity contribution in [2.45, 2.75) is 6.10 Å². The van der Waals surface area contributed by atoms with Gasteiger partial charge in [-0.25, -0.2) is 0 Å². The van der Waals surface area contributed by atoms with E-state index < -0.39 is 6.10 Å². The number of carbonyl (C=O) groups is 1. The molecule has 1 heterocycles. The maximum Gasteiger partial charge on any atom is 0.137 e. The molecule has 8 heavy (non-hydrogen) atoms. The Bertz CT molecular complexity index is 132. The molecule has 1 aliphatic rings. The van der Waals surface area contributed by atoms with Gasteiger partial charge in [-0.3, -0.25) is 0 Å². The number of hydrogen-bond acceptors (Lipinski definition) is 2. The van der Waals surface area contributed by atoms with Crippen LogP contribution >= 0.6 is 0 Å². The monoisotopic (exact) mass is 114 g/mol. The summed E-state index contributed by atoms with van der Waals surface area (Å²) in [5.41, 5.74) is 3.47. The molecule has 1 atom stereocenters. The van der Waals surface area contributed by atoms with Crippen LogP contribution in [0.4, 0.5) is 0 Å². The first-order chi connectivity index (χ1) is 3.84. The summed E-state index contributed by atoms with van der Waals surface area (Å²) >= 11 is 0. The Kier molecular flexibility index (Phi) is 1.26. The van der Waals surface area contributed by atoms with Crippen molar-refractivity contribution in [3.63, 3.8) is 0 Å². The Labute approximate surface area is 46.3 Å². The van der Waals surface area contributed by atoms with Gasteiger partial charge in [0.2, 0.25) is 0 Å². The summed E-state index contributed by atoms with van der Waals surface area (Å²) in [6.45, 7) is 0.426. The molecule has 0 aromatic carbocycles. The molecule has 0 bridgehead atoms. The zero-order valence-electron chi connectivity index (χ0n) is 4.26. The van der Waals surface area contributed by atoms with Crippen LogP contribution in [0.1, 0.15) is 0 Å². The van der Waals surface area contributed by atoms with Gasteiger partial charge in [-0.05, 0) is 0 Å². The van der Waals surface area contributed by atoms with E-state index in [1.54, 1.807) is 0 Å². The Hall–Kier alpha value is -0.900. The van der Waals surface area contributed by atoms with Crippen molar-refractivity contribution in [3.8, 4) is 0 Å². The molecule has 1 amide bonds. The third-order valence-electron chi connectivity index (χ3n) is 0.888. The highest BCUT2D eigenvalue weighted by Crippen LogP contribution is 1.96. The molecule has 0 aliphatic carbocycles. The van der Waals surface area contributed by atoms with Crippen molar-refractivity contribution >= 4 is 12.3 Å². The lowest BCUT2D eigenvalue weighted by Crippen LogP contribution is -2.57. The number of quaternary nitrogens is 1. The van der Waals surface area contributed by atoms with Crippen LogP contribution in [0.2, 0.25) is 0 Å². The highest BCUT2D eigenvalue weighted by molar-refractivity contribution is 5.91. The van der Waals surface area contributed by atoms with Gasteiger partial charge in [0.25, 0.3) is 0 Å². The number of hydrogen-bond donors (Lipinski definition) is 1. The fourth-order valence-corrected chi connectivity index (χ4v) is 0.440. The maximum atomic E-state index is 10.4. The zero-order valence-corrected chi connectivity index (χ0v) is 4.26. The molecular weight excluding hydrogens is 108 g/mol. The Balaban J connectivity index is 2.51. The summed E-state index contributed by atoms with van der Waals surface area (Å²) in [6, 6.07) is 0. The predicted molar refractivity (Wildman–Crippen MR) is 25.1 cm³/mol. The maximum absolute atomic E-state index is 10.4. The van der Waals surface area contributed by atoms with Gasteiger partial charge in [0.1, 0.15) is 18.6 Å². The summed E-state index contributed by atoms with van der Waals surface area (Å²) < 4.78 is 4.59. The van der Waals surface area contributed by atoms with Gasteiger partial charge in [0.05, 0.1) is 0 Å². The highest BCUT2D eigenvalue weighted by atomic mass is 16.5. The first-order valence-corrected chi connectivity index (χ1v) is 2.29. The van der Waals surface area contributed by atoms with Crippen LogP contribution in [0.3, 0.4) is 0 Å². The third kappa shape index (κ3) is 0.696. The molecule has 0 unspecified atom stereocenters. The van der Waals surface area contributed by atoms with Crippen LogP contribution in [-0.4, -0.2) is 25.0 Å². The molecule has 0 aromatic rings. The van der Waals surface area contributed by atoms with Crippen LogP contribution in [-0.2, 0) is 9.53 Å². The SMILES string of the molecule is [NH3+]C[C@@H]1O[C-]=NC1=O. The van der Waals surface area contributed by atoms with E-state index in [0.29, 0.717) is 6.54 Å². The molecule has 44 valence electrons. The smallest absolute Gasteiger partial charge is 0.137 e. The topological polar surface area (TPSA) is 66.3 Å². The highest BCUT2D eigenvalue weighted by Gasteiger charge is 2.11. The second kappa shape index (κ2) is 1.92. The van der Waals surface area contributed by atoms with Crippen molar-refractivity contribution in [2.24, 2.45) is 4.99 Å². The first-order valence-electron chi connectivity index (χ1n) is 2.29. The van der Waals surface area contributed by atoms with E-state index >= 15 is 0 Å². The van der Waals surface area contributed by atoms with Gasteiger partial charge in [0.15, 0.2) is 0 Å². The van der Waals surface area contributed by atoms with Crippen molar-refractivity contribution in [1.29, 1.82) is 0 Å². The van der Waals surface area contributed by atoms with E-state index in [1.165, 1.54) is 0 Å². The quantitative estimate of drug-likeness (QED) is 0.403. The number of amides is 1. The van der Waals surface area contributed by atoms with E-state index in [-0.39, 0.29) is 5.91 Å². The molecule has 1 aliphatic heterocycles. The van der Waals surface area contributed by atoms with E-state index in [9.17, 15) is 4.79 Å². The van der Waals surface area contributed by atoms with Crippen LogP contribution in [0.15, 0.2) is 4.99 Å². The van der Waals surface area contributed by atoms with Crippen LogP contribution in [0.5, 0.6) is 0 Å². The lowest BCUT2D eigenvalue weighted by Gasteiger charge is -2.06. The number of aliphatic imine (C=N–C) groups is 1. The Morgan fingerprint density at radius 2 is 2.75 bits per heavy atom. The molecule has 4 nitrogen and oxygen atoms in total. The van der Waals surface area contributed by atoms with E-state index in [1.807, 2.05) is 0 Å². The van der Waals surface area contributed by atoms with E-state index in [2.05, 4.69) is 21.9 Å². The average Bonchev–Trinajstić information content (AvgIpc) is 2.14. The molecule has 0 saturated carbocycles. The standard InChI is InChI=1S/C4H5N2O2/c5-1-3-4(7)6-2-8-3/h3H,1,5H2/q-1/p+1/t3-/m0/s1. The van der Waals surface area contributed by atoms with Crippen molar-refractivity contribution in [3.05, 3.63) is 0 Å². The summed E-state index contributed by atoms with van der Waals surface area (Å²) in [6.07, 6.45) is 1.65. The lowest BCUT2D eigenvalue weighted by molar-refractivity contribution is -0.377.